The molecule has 3 aliphatic heterocycles. The monoisotopic (exact) mass is 1120 g/mol. The summed E-state index contributed by atoms with van der Waals surface area (Å²) in [4.78, 5) is 2.36. The number of hydrogen-bond acceptors (Lipinski definition) is 9. The summed E-state index contributed by atoms with van der Waals surface area (Å²) in [6, 6.07) is 41.6. The summed E-state index contributed by atoms with van der Waals surface area (Å²) >= 11 is 0. The number of phenolic OH excluding ortho intramolecular Hbond substituents is 1. The van der Waals surface area contributed by atoms with Gasteiger partial charge >= 0.3 is 0 Å². The second-order valence-electron chi connectivity index (χ2n) is 24.9. The normalized spacial score (nSPS) is 23.8. The molecule has 2 saturated heterocycles. The van der Waals surface area contributed by atoms with E-state index >= 15 is 0 Å². The molecule has 0 saturated carbocycles. The van der Waals surface area contributed by atoms with Crippen LogP contribution in [-0.2, 0) is 29.8 Å². The van der Waals surface area contributed by atoms with Crippen molar-refractivity contribution in [3.05, 3.63) is 208 Å². The molecule has 0 spiro atoms. The Kier molecular flexibility index (Phi) is 19.0. The lowest BCUT2D eigenvalue weighted by molar-refractivity contribution is -0.257. The Hall–Kier alpha value is -6.30. The Labute approximate surface area is 494 Å². The van der Waals surface area contributed by atoms with Crippen LogP contribution in [0.1, 0.15) is 172 Å². The number of fused-ring (bicyclic) bond motifs is 4. The highest BCUT2D eigenvalue weighted by Crippen LogP contribution is 2.50. The van der Waals surface area contributed by atoms with Crippen LogP contribution < -0.4 is 9.64 Å². The molecule has 9 heteroatoms. The summed E-state index contributed by atoms with van der Waals surface area (Å²) in [6.45, 7) is 20.2. The van der Waals surface area contributed by atoms with Crippen LogP contribution in [0.15, 0.2) is 180 Å². The van der Waals surface area contributed by atoms with Crippen molar-refractivity contribution in [3.8, 4) is 11.5 Å². The van der Waals surface area contributed by atoms with Crippen molar-refractivity contribution in [2.75, 3.05) is 11.9 Å². The zero-order valence-corrected chi connectivity index (χ0v) is 50.4. The summed E-state index contributed by atoms with van der Waals surface area (Å²) in [6.07, 6.45) is 17.5. The number of allylic oxidation sites excluding steroid dienone is 8. The standard InChI is InChI=1S/C74H89NO8/c1-10-56(76)27-19-30-60-46-61(81-71(80-60)54-25-17-28-58(78)43-54)31-20-32-62-47-63(45-57(77)11-2)83-72(82-62)55-26-18-29-59(44-55)79-70-52(38-36-49(4)73(5,6)68-48(3)35-37-50-21-12-14-33-64(50)68)23-16-24-53(70)40-42-67-74(7,8)69-65-34-15-13-22-51(65)39-41-66(69)75(67)9/h12-15,17-18,21-22,25-26,28-29,33-44,56-57,60-63,71-72,76-78H,4,10-11,16,19-20,23-24,27,30-32,45-47H2,1-3,5-9H3/b38-36+,53-40+,67-42+. The van der Waals surface area contributed by atoms with Crippen molar-refractivity contribution in [1.82, 2.24) is 0 Å². The minimum atomic E-state index is -0.663. The molecule has 0 aromatic heterocycles. The Bertz CT molecular complexity index is 3380. The lowest BCUT2D eigenvalue weighted by Gasteiger charge is -2.38. The maximum absolute atomic E-state index is 11.0. The number of aliphatic hydroxyl groups is 2. The Morgan fingerprint density at radius 1 is 0.723 bits per heavy atom. The molecule has 2 fully saturated rings. The summed E-state index contributed by atoms with van der Waals surface area (Å²) < 4.78 is 34.1. The minimum Gasteiger partial charge on any atom is -0.508 e. The summed E-state index contributed by atoms with van der Waals surface area (Å²) in [5, 5.41) is 36.6. The fraction of sp³-hybridized carbons (Fsp3) is 0.432. The molecule has 3 heterocycles. The third-order valence-corrected chi connectivity index (χ3v) is 18.3. The number of aryl methyl sites for hydroxylation is 1. The third kappa shape index (κ3) is 13.6. The summed E-state index contributed by atoms with van der Waals surface area (Å²) in [7, 11) is 2.19. The minimum absolute atomic E-state index is 0.0277. The second-order valence-corrected chi connectivity index (χ2v) is 24.9. The fourth-order valence-corrected chi connectivity index (χ4v) is 13.4. The molecule has 3 N–H and O–H groups in total. The molecule has 438 valence electrons. The van der Waals surface area contributed by atoms with Gasteiger partial charge in [0.15, 0.2) is 12.6 Å². The van der Waals surface area contributed by atoms with Crippen LogP contribution in [-0.4, -0.2) is 59.0 Å². The van der Waals surface area contributed by atoms with Gasteiger partial charge in [0, 0.05) is 53.2 Å². The number of rotatable bonds is 21. The van der Waals surface area contributed by atoms with E-state index in [1.807, 2.05) is 38.1 Å². The van der Waals surface area contributed by atoms with Gasteiger partial charge in [0.05, 0.1) is 36.6 Å². The molecule has 83 heavy (non-hydrogen) atoms. The van der Waals surface area contributed by atoms with E-state index < -0.39 is 18.7 Å². The lowest BCUT2D eigenvalue weighted by Crippen LogP contribution is -2.36. The van der Waals surface area contributed by atoms with Gasteiger partial charge in [-0.2, -0.15) is 0 Å². The quantitative estimate of drug-likeness (QED) is 0.0607. The van der Waals surface area contributed by atoms with Crippen molar-refractivity contribution < 1.29 is 39.0 Å². The predicted molar refractivity (Wildman–Crippen MR) is 337 cm³/mol. The molecule has 1 aliphatic carbocycles. The van der Waals surface area contributed by atoms with Crippen LogP contribution in [0, 0.1) is 6.92 Å². The van der Waals surface area contributed by atoms with Crippen molar-refractivity contribution in [1.29, 1.82) is 0 Å². The van der Waals surface area contributed by atoms with E-state index in [9.17, 15) is 15.3 Å². The second kappa shape index (κ2) is 26.3. The van der Waals surface area contributed by atoms with Crippen LogP contribution in [0.2, 0.25) is 0 Å². The maximum Gasteiger partial charge on any atom is 0.184 e. The number of likely N-dealkylation sites (N-methyl/N-ethyl adjacent to an activating group) is 1. The average Bonchev–Trinajstić information content (AvgIpc) is 2.27. The SMILES string of the molecule is C=C(/C=C/C1=C(Oc2cccc(C3OC(CCCC4CC(CCCC(O)CC)OC(c5cccc(O)c5)O4)CC(CC(O)CC)O3)c2)C(=C/C=C2/N(C)c3ccc4ccccc4c3C2(C)C)/CCC1)C(C)(C)c1c(C)ccc2ccccc12. The highest BCUT2D eigenvalue weighted by molar-refractivity contribution is 5.95. The molecular weight excluding hydrogens is 1030 g/mol. The average molecular weight is 1120 g/mol. The molecule has 8 unspecified atom stereocenters. The number of nitrogens with zero attached hydrogens (tertiary/aromatic N) is 1. The maximum atomic E-state index is 11.0. The zero-order chi connectivity index (χ0) is 58.4. The molecule has 6 aromatic carbocycles. The van der Waals surface area contributed by atoms with Crippen LogP contribution in [0.3, 0.4) is 0 Å². The third-order valence-electron chi connectivity index (χ3n) is 18.3. The van der Waals surface area contributed by atoms with E-state index in [4.69, 9.17) is 30.3 Å². The number of aliphatic hydroxyl groups excluding tert-OH is 2. The van der Waals surface area contributed by atoms with E-state index in [0.717, 1.165) is 104 Å². The molecule has 10 rings (SSSR count). The van der Waals surface area contributed by atoms with Crippen LogP contribution in [0.5, 0.6) is 11.5 Å². The topological polar surface area (TPSA) is 110 Å². The van der Waals surface area contributed by atoms with Crippen molar-refractivity contribution >= 4 is 27.2 Å². The first kappa shape index (κ1) is 59.8. The van der Waals surface area contributed by atoms with Gasteiger partial charge in [-0.15, -0.1) is 0 Å². The van der Waals surface area contributed by atoms with Crippen molar-refractivity contribution in [2.24, 2.45) is 0 Å². The first-order valence-corrected chi connectivity index (χ1v) is 30.8. The van der Waals surface area contributed by atoms with Gasteiger partial charge in [-0.1, -0.05) is 157 Å². The highest BCUT2D eigenvalue weighted by atomic mass is 16.7. The van der Waals surface area contributed by atoms with Gasteiger partial charge < -0.3 is 43.9 Å². The Morgan fingerprint density at radius 2 is 1.34 bits per heavy atom. The van der Waals surface area contributed by atoms with Gasteiger partial charge in [-0.3, -0.25) is 0 Å². The fourth-order valence-electron chi connectivity index (χ4n) is 13.4. The predicted octanol–water partition coefficient (Wildman–Crippen LogP) is 17.5. The van der Waals surface area contributed by atoms with Crippen molar-refractivity contribution in [2.45, 2.75) is 198 Å². The van der Waals surface area contributed by atoms with E-state index in [1.165, 1.54) is 49.6 Å². The molecule has 8 atom stereocenters. The van der Waals surface area contributed by atoms with E-state index in [1.54, 1.807) is 12.1 Å². The van der Waals surface area contributed by atoms with Crippen LogP contribution in [0.25, 0.3) is 21.5 Å². The van der Waals surface area contributed by atoms with E-state index in [0.29, 0.717) is 25.0 Å². The Balaban J connectivity index is 0.922. The van der Waals surface area contributed by atoms with Gasteiger partial charge in [0.25, 0.3) is 0 Å². The van der Waals surface area contributed by atoms with Gasteiger partial charge in [0.1, 0.15) is 17.3 Å². The highest BCUT2D eigenvalue weighted by Gasteiger charge is 2.40. The van der Waals surface area contributed by atoms with E-state index in [2.05, 4.69) is 156 Å². The molecule has 0 radical (unpaired) electrons. The number of aromatic hydroxyl groups is 1. The molecular formula is C74H89NO8. The molecule has 9 nitrogen and oxygen atoms in total. The molecule has 4 aliphatic rings. The zero-order valence-electron chi connectivity index (χ0n) is 50.4. The first-order valence-electron chi connectivity index (χ1n) is 30.8. The number of phenols is 1. The summed E-state index contributed by atoms with van der Waals surface area (Å²) in [5.74, 6) is 1.73. The van der Waals surface area contributed by atoms with Crippen LogP contribution in [0.4, 0.5) is 5.69 Å². The van der Waals surface area contributed by atoms with Gasteiger partial charge in [-0.25, -0.2) is 0 Å². The van der Waals surface area contributed by atoms with Crippen molar-refractivity contribution in [3.63, 3.8) is 0 Å². The summed E-state index contributed by atoms with van der Waals surface area (Å²) in [5.41, 5.74) is 10.7. The van der Waals surface area contributed by atoms with Gasteiger partial charge in [-0.05, 0) is 175 Å². The first-order chi connectivity index (χ1) is 40.0. The molecule has 0 amide bonds. The largest absolute Gasteiger partial charge is 0.508 e. The number of anilines is 1. The molecule has 6 aromatic rings. The van der Waals surface area contributed by atoms with Crippen LogP contribution >= 0.6 is 0 Å². The van der Waals surface area contributed by atoms with Gasteiger partial charge in [0.2, 0.25) is 0 Å². The number of hydrogen-bond donors (Lipinski definition) is 3. The van der Waals surface area contributed by atoms with E-state index in [-0.39, 0.29) is 47.1 Å². The molecule has 0 bridgehead atoms. The number of ether oxygens (including phenoxy) is 5. The lowest BCUT2D eigenvalue weighted by atomic mass is 9.74. The smallest absolute Gasteiger partial charge is 0.184 e. The number of benzene rings is 6. The Morgan fingerprint density at radius 3 is 2.04 bits per heavy atom.